The van der Waals surface area contributed by atoms with Gasteiger partial charge in [-0.25, -0.2) is 4.98 Å². The molecule has 2 N–H and O–H groups in total. The minimum atomic E-state index is 0.602. The second-order valence-corrected chi connectivity index (χ2v) is 3.53. The zero-order chi connectivity index (χ0) is 10.2. The van der Waals surface area contributed by atoms with Crippen molar-refractivity contribution in [3.63, 3.8) is 0 Å². The number of hydrogen-bond donors (Lipinski definition) is 3. The average molecular weight is 227 g/mol. The van der Waals surface area contributed by atoms with Crippen molar-refractivity contribution in [1.29, 1.82) is 0 Å². The number of anilines is 1. The molecular weight excluding hydrogens is 214 g/mol. The van der Waals surface area contributed by atoms with Crippen LogP contribution in [0.1, 0.15) is 6.42 Å². The fourth-order valence-corrected chi connectivity index (χ4v) is 1.24. The number of thiol groups is 1. The van der Waals surface area contributed by atoms with Crippen LogP contribution < -0.4 is 10.6 Å². The maximum Gasteiger partial charge on any atom is 0.171 e. The Kier molecular flexibility index (Phi) is 5.32. The van der Waals surface area contributed by atoms with Gasteiger partial charge in [0.1, 0.15) is 5.82 Å². The van der Waals surface area contributed by atoms with Crippen molar-refractivity contribution in [1.82, 2.24) is 10.3 Å². The minimum Gasteiger partial charge on any atom is -0.362 e. The van der Waals surface area contributed by atoms with Crippen molar-refractivity contribution in [3.05, 3.63) is 24.4 Å². The van der Waals surface area contributed by atoms with Gasteiger partial charge < -0.3 is 10.6 Å². The van der Waals surface area contributed by atoms with Gasteiger partial charge in [0, 0.05) is 12.7 Å². The van der Waals surface area contributed by atoms with Gasteiger partial charge in [0.2, 0.25) is 0 Å². The summed E-state index contributed by atoms with van der Waals surface area (Å²) in [5.41, 5.74) is 0. The molecule has 14 heavy (non-hydrogen) atoms. The van der Waals surface area contributed by atoms with E-state index in [2.05, 4.69) is 28.2 Å². The highest BCUT2D eigenvalue weighted by Crippen LogP contribution is 1.98. The number of hydrogen-bond acceptors (Lipinski definition) is 3. The number of nitrogens with zero attached hydrogens (tertiary/aromatic N) is 1. The molecule has 0 saturated heterocycles. The normalized spacial score (nSPS) is 9.50. The third-order valence-electron chi connectivity index (χ3n) is 1.53. The molecule has 0 aliphatic heterocycles. The van der Waals surface area contributed by atoms with E-state index in [1.807, 2.05) is 18.2 Å². The van der Waals surface area contributed by atoms with Crippen LogP contribution >= 0.6 is 24.8 Å². The summed E-state index contributed by atoms with van der Waals surface area (Å²) in [7, 11) is 0. The highest BCUT2D eigenvalue weighted by Gasteiger charge is 1.95. The molecule has 0 atom stereocenters. The molecule has 0 unspecified atom stereocenters. The zero-order valence-electron chi connectivity index (χ0n) is 7.73. The number of rotatable bonds is 4. The van der Waals surface area contributed by atoms with E-state index in [0.717, 1.165) is 24.5 Å². The Balaban J connectivity index is 2.27. The van der Waals surface area contributed by atoms with Gasteiger partial charge >= 0.3 is 0 Å². The van der Waals surface area contributed by atoms with Crippen LogP contribution in [0.4, 0.5) is 5.82 Å². The summed E-state index contributed by atoms with van der Waals surface area (Å²) in [6.45, 7) is 0.835. The smallest absolute Gasteiger partial charge is 0.171 e. The average Bonchev–Trinajstić information content (AvgIpc) is 2.20. The predicted octanol–water partition coefficient (Wildman–Crippen LogP) is 1.69. The SMILES string of the molecule is S=C(NCCCS)Nc1ccccn1. The maximum atomic E-state index is 5.06. The molecule has 0 radical (unpaired) electrons. The van der Waals surface area contributed by atoms with Gasteiger partial charge in [0.15, 0.2) is 5.11 Å². The van der Waals surface area contributed by atoms with Gasteiger partial charge in [0.25, 0.3) is 0 Å². The second-order valence-electron chi connectivity index (χ2n) is 2.67. The van der Waals surface area contributed by atoms with Gasteiger partial charge in [-0.2, -0.15) is 12.6 Å². The fraction of sp³-hybridized carbons (Fsp3) is 0.333. The standard InChI is InChI=1S/C9H13N3S2/c13-7-3-6-11-9(14)12-8-4-1-2-5-10-8/h1-2,4-5,13H,3,6-7H2,(H2,10,11,12,14). The highest BCUT2D eigenvalue weighted by molar-refractivity contribution is 7.80. The summed E-state index contributed by atoms with van der Waals surface area (Å²) < 4.78 is 0. The molecule has 1 rings (SSSR count). The van der Waals surface area contributed by atoms with E-state index >= 15 is 0 Å². The van der Waals surface area contributed by atoms with Crippen molar-refractivity contribution in [3.8, 4) is 0 Å². The lowest BCUT2D eigenvalue weighted by molar-refractivity contribution is 0.856. The third kappa shape index (κ3) is 4.43. The lowest BCUT2D eigenvalue weighted by Gasteiger charge is -2.08. The Hall–Kier alpha value is -0.810. The molecule has 0 amide bonds. The minimum absolute atomic E-state index is 0.602. The molecule has 0 aromatic carbocycles. The Morgan fingerprint density at radius 3 is 3.00 bits per heavy atom. The largest absolute Gasteiger partial charge is 0.362 e. The van der Waals surface area contributed by atoms with Crippen LogP contribution in [0.15, 0.2) is 24.4 Å². The molecule has 0 saturated carbocycles. The summed E-state index contributed by atoms with van der Waals surface area (Å²) in [5.74, 6) is 1.62. The first-order valence-electron chi connectivity index (χ1n) is 4.39. The molecule has 1 aromatic heterocycles. The van der Waals surface area contributed by atoms with Gasteiger partial charge in [-0.3, -0.25) is 0 Å². The monoisotopic (exact) mass is 227 g/mol. The lowest BCUT2D eigenvalue weighted by Crippen LogP contribution is -2.29. The third-order valence-corrected chi connectivity index (χ3v) is 2.09. The summed E-state index contributed by atoms with van der Waals surface area (Å²) in [5, 5.41) is 6.65. The van der Waals surface area contributed by atoms with Gasteiger partial charge in [-0.15, -0.1) is 0 Å². The van der Waals surface area contributed by atoms with Gasteiger partial charge in [0.05, 0.1) is 0 Å². The van der Waals surface area contributed by atoms with Crippen LogP contribution in [0, 0.1) is 0 Å². The van der Waals surface area contributed by atoms with Crippen molar-refractivity contribution in [2.75, 3.05) is 17.6 Å². The van der Waals surface area contributed by atoms with E-state index < -0.39 is 0 Å². The molecule has 76 valence electrons. The van der Waals surface area contributed by atoms with Crippen LogP contribution in [-0.2, 0) is 0 Å². The first-order chi connectivity index (χ1) is 6.83. The Labute approximate surface area is 94.7 Å². The molecule has 1 aromatic rings. The van der Waals surface area contributed by atoms with Crippen LogP contribution in [0.2, 0.25) is 0 Å². The van der Waals surface area contributed by atoms with Gasteiger partial charge in [-0.05, 0) is 36.5 Å². The quantitative estimate of drug-likeness (QED) is 0.416. The van der Waals surface area contributed by atoms with Crippen LogP contribution in [-0.4, -0.2) is 22.4 Å². The Bertz CT molecular complexity index is 277. The topological polar surface area (TPSA) is 37.0 Å². The van der Waals surface area contributed by atoms with Crippen molar-refractivity contribution in [2.45, 2.75) is 6.42 Å². The van der Waals surface area contributed by atoms with Crippen molar-refractivity contribution in [2.24, 2.45) is 0 Å². The van der Waals surface area contributed by atoms with E-state index in [1.54, 1.807) is 6.20 Å². The molecule has 0 spiro atoms. The summed E-state index contributed by atoms with van der Waals surface area (Å²) in [6.07, 6.45) is 2.71. The molecule has 0 aliphatic rings. The predicted molar refractivity (Wildman–Crippen MR) is 66.9 cm³/mol. The Morgan fingerprint density at radius 2 is 2.36 bits per heavy atom. The van der Waals surface area contributed by atoms with E-state index in [4.69, 9.17) is 12.2 Å². The lowest BCUT2D eigenvalue weighted by atomic mass is 10.4. The number of aromatic nitrogens is 1. The van der Waals surface area contributed by atoms with Crippen LogP contribution in [0.3, 0.4) is 0 Å². The number of pyridine rings is 1. The zero-order valence-corrected chi connectivity index (χ0v) is 9.44. The molecule has 3 nitrogen and oxygen atoms in total. The summed E-state index contributed by atoms with van der Waals surface area (Å²) in [6, 6.07) is 5.64. The molecule has 1 heterocycles. The van der Waals surface area contributed by atoms with E-state index in [-0.39, 0.29) is 0 Å². The molecule has 0 aliphatic carbocycles. The number of nitrogens with one attached hydrogen (secondary N) is 2. The number of thiocarbonyl (C=S) groups is 1. The summed E-state index contributed by atoms with van der Waals surface area (Å²) in [4.78, 5) is 4.09. The first-order valence-corrected chi connectivity index (χ1v) is 5.44. The maximum absolute atomic E-state index is 5.06. The molecule has 0 bridgehead atoms. The van der Waals surface area contributed by atoms with Crippen molar-refractivity contribution >= 4 is 35.8 Å². The van der Waals surface area contributed by atoms with E-state index in [1.165, 1.54) is 0 Å². The molecule has 0 fully saturated rings. The highest BCUT2D eigenvalue weighted by atomic mass is 32.1. The van der Waals surface area contributed by atoms with Crippen LogP contribution in [0.25, 0.3) is 0 Å². The fourth-order valence-electron chi connectivity index (χ4n) is 0.878. The molecular formula is C9H13N3S2. The second kappa shape index (κ2) is 6.62. The van der Waals surface area contributed by atoms with E-state index in [0.29, 0.717) is 5.11 Å². The van der Waals surface area contributed by atoms with Gasteiger partial charge in [-0.1, -0.05) is 6.07 Å². The Morgan fingerprint density at radius 1 is 1.50 bits per heavy atom. The van der Waals surface area contributed by atoms with Crippen LogP contribution in [0.5, 0.6) is 0 Å². The summed E-state index contributed by atoms with van der Waals surface area (Å²) >= 11 is 9.17. The first kappa shape index (κ1) is 11.3. The molecule has 5 heteroatoms. The van der Waals surface area contributed by atoms with E-state index in [9.17, 15) is 0 Å². The van der Waals surface area contributed by atoms with Crippen molar-refractivity contribution < 1.29 is 0 Å².